The van der Waals surface area contributed by atoms with E-state index >= 15 is 0 Å². The zero-order chi connectivity index (χ0) is 30.6. The van der Waals surface area contributed by atoms with Gasteiger partial charge in [-0.2, -0.15) is 0 Å². The summed E-state index contributed by atoms with van der Waals surface area (Å²) in [5.41, 5.74) is 1.99. The number of halogens is 1. The molecular formula is C31H32FN4O6P. The highest BCUT2D eigenvalue weighted by Gasteiger charge is 2.38. The van der Waals surface area contributed by atoms with Crippen molar-refractivity contribution in [2.24, 2.45) is 0 Å². The molecule has 0 saturated carbocycles. The van der Waals surface area contributed by atoms with E-state index in [0.717, 1.165) is 0 Å². The minimum atomic E-state index is -3.50. The number of hydrogen-bond acceptors (Lipinski definition) is 8. The van der Waals surface area contributed by atoms with Crippen molar-refractivity contribution in [1.29, 1.82) is 0 Å². The Balaban J connectivity index is 1.57. The van der Waals surface area contributed by atoms with Crippen molar-refractivity contribution >= 4 is 30.3 Å². The number of aromatic nitrogens is 2. The normalized spacial score (nSPS) is 13.0. The van der Waals surface area contributed by atoms with E-state index in [0.29, 0.717) is 22.2 Å². The van der Waals surface area contributed by atoms with Crippen molar-refractivity contribution in [1.82, 2.24) is 19.8 Å². The van der Waals surface area contributed by atoms with Crippen LogP contribution in [0, 0.1) is 5.82 Å². The molecule has 1 aliphatic heterocycles. The van der Waals surface area contributed by atoms with E-state index in [9.17, 15) is 23.7 Å². The van der Waals surface area contributed by atoms with E-state index in [2.05, 4.69) is 9.97 Å². The number of fused-ring (bicyclic) bond motifs is 2. The first-order valence-electron chi connectivity index (χ1n) is 14.0. The van der Waals surface area contributed by atoms with Crippen LogP contribution < -0.4 is 0 Å². The van der Waals surface area contributed by atoms with Gasteiger partial charge in [-0.3, -0.25) is 24.1 Å². The van der Waals surface area contributed by atoms with Crippen LogP contribution in [0.15, 0.2) is 67.0 Å². The summed E-state index contributed by atoms with van der Waals surface area (Å²) in [4.78, 5) is 39.8. The van der Waals surface area contributed by atoms with E-state index in [4.69, 9.17) is 9.05 Å². The first-order chi connectivity index (χ1) is 20.7. The second-order valence-electron chi connectivity index (χ2n) is 9.98. The van der Waals surface area contributed by atoms with Gasteiger partial charge in [0.1, 0.15) is 11.3 Å². The van der Waals surface area contributed by atoms with Crippen LogP contribution in [0.1, 0.15) is 51.4 Å². The largest absolute Gasteiger partial charge is 0.505 e. The van der Waals surface area contributed by atoms with Crippen molar-refractivity contribution in [3.05, 3.63) is 101 Å². The average Bonchev–Trinajstić information content (AvgIpc) is 3.32. The molecule has 10 nitrogen and oxygen atoms in total. The second kappa shape index (κ2) is 13.0. The summed E-state index contributed by atoms with van der Waals surface area (Å²) in [7, 11) is -3.50. The molecule has 3 heterocycles. The maximum absolute atomic E-state index is 14.5. The maximum atomic E-state index is 14.5. The molecule has 0 aliphatic carbocycles. The summed E-state index contributed by atoms with van der Waals surface area (Å²) in [6.07, 6.45) is 3.04. The average molecular weight is 607 g/mol. The van der Waals surface area contributed by atoms with Gasteiger partial charge in [-0.15, -0.1) is 0 Å². The number of aromatic hydroxyl groups is 1. The summed E-state index contributed by atoms with van der Waals surface area (Å²) in [5.74, 6) is -1.61. The molecule has 0 fully saturated rings. The van der Waals surface area contributed by atoms with E-state index in [1.807, 2.05) is 0 Å². The van der Waals surface area contributed by atoms with Gasteiger partial charge in [-0.05, 0) is 49.7 Å². The molecular weight excluding hydrogens is 574 g/mol. The van der Waals surface area contributed by atoms with Crippen LogP contribution in [0.4, 0.5) is 4.39 Å². The molecule has 0 unspecified atom stereocenters. The third kappa shape index (κ3) is 6.44. The molecule has 0 radical (unpaired) electrons. The zero-order valence-electron chi connectivity index (χ0n) is 23.9. The summed E-state index contributed by atoms with van der Waals surface area (Å²) >= 11 is 0. The maximum Gasteiger partial charge on any atom is 0.332 e. The fourth-order valence-corrected chi connectivity index (χ4v) is 6.84. The lowest BCUT2D eigenvalue weighted by Gasteiger charge is -2.26. The fourth-order valence-electron chi connectivity index (χ4n) is 5.24. The van der Waals surface area contributed by atoms with Crippen LogP contribution in [0.2, 0.25) is 0 Å². The molecule has 1 aliphatic rings. The molecule has 2 aromatic carbocycles. The van der Waals surface area contributed by atoms with Gasteiger partial charge in [0, 0.05) is 43.0 Å². The number of pyridine rings is 2. The number of hydrogen-bond donors (Lipinski definition) is 1. The molecule has 0 spiro atoms. The minimum absolute atomic E-state index is 0.00347. The van der Waals surface area contributed by atoms with Gasteiger partial charge in [0.2, 0.25) is 0 Å². The van der Waals surface area contributed by atoms with Crippen LogP contribution in [0.5, 0.6) is 5.75 Å². The lowest BCUT2D eigenvalue weighted by atomic mass is 9.95. The Labute approximate surface area is 248 Å². The minimum Gasteiger partial charge on any atom is -0.505 e. The van der Waals surface area contributed by atoms with E-state index < -0.39 is 25.2 Å². The zero-order valence-corrected chi connectivity index (χ0v) is 24.8. The smallest absolute Gasteiger partial charge is 0.332 e. The summed E-state index contributed by atoms with van der Waals surface area (Å²) in [5, 5.41) is 11.6. The van der Waals surface area contributed by atoms with Gasteiger partial charge < -0.3 is 24.0 Å². The van der Waals surface area contributed by atoms with Gasteiger partial charge in [-0.25, -0.2) is 4.39 Å². The molecule has 0 bridgehead atoms. The van der Waals surface area contributed by atoms with Crippen LogP contribution >= 0.6 is 7.60 Å². The Bertz CT molecular complexity index is 1680. The summed E-state index contributed by atoms with van der Waals surface area (Å²) < 4.78 is 37.8. The molecule has 12 heteroatoms. The molecule has 2 amide bonds. The molecule has 0 atom stereocenters. The van der Waals surface area contributed by atoms with Crippen molar-refractivity contribution in [2.45, 2.75) is 33.5 Å². The second-order valence-corrected chi connectivity index (χ2v) is 12.2. The molecule has 0 saturated heterocycles. The fraction of sp³-hybridized carbons (Fsp3) is 0.290. The number of amides is 2. The molecule has 43 heavy (non-hydrogen) atoms. The number of rotatable bonds is 12. The molecule has 5 rings (SSSR count). The van der Waals surface area contributed by atoms with Crippen LogP contribution in [0.25, 0.3) is 10.9 Å². The van der Waals surface area contributed by atoms with Gasteiger partial charge in [0.15, 0.2) is 5.75 Å². The third-order valence-electron chi connectivity index (χ3n) is 7.15. The summed E-state index contributed by atoms with van der Waals surface area (Å²) in [6.45, 7) is 4.08. The Kier molecular flexibility index (Phi) is 9.15. The van der Waals surface area contributed by atoms with Crippen LogP contribution in [-0.4, -0.2) is 62.6 Å². The Morgan fingerprint density at radius 3 is 2.44 bits per heavy atom. The lowest BCUT2D eigenvalue weighted by molar-refractivity contribution is 0.0739. The third-order valence-corrected chi connectivity index (χ3v) is 9.20. The first-order valence-corrected chi connectivity index (χ1v) is 15.7. The van der Waals surface area contributed by atoms with Gasteiger partial charge in [0.25, 0.3) is 11.8 Å². The quantitative estimate of drug-likeness (QED) is 0.209. The van der Waals surface area contributed by atoms with Gasteiger partial charge in [-0.1, -0.05) is 24.3 Å². The van der Waals surface area contributed by atoms with E-state index in [1.54, 1.807) is 62.5 Å². The topological polar surface area (TPSA) is 122 Å². The Morgan fingerprint density at radius 2 is 1.77 bits per heavy atom. The van der Waals surface area contributed by atoms with E-state index in [-0.39, 0.29) is 67.9 Å². The monoisotopic (exact) mass is 606 g/mol. The number of phenols is 1. The molecule has 4 aromatic rings. The standard InChI is InChI=1S/C31H32FN4O6P/c1-3-41-43(40,42-4-2)17-16-35(19-23-8-5-6-14-33-23)30(38)26-24-9-7-15-34-28(24)29(37)27-25(26)20-36(31(27)39)18-21-10-12-22(32)13-11-21/h5-15,37H,3-4,16-20H2,1-2H3. The van der Waals surface area contributed by atoms with E-state index in [1.165, 1.54) is 28.1 Å². The van der Waals surface area contributed by atoms with Crippen LogP contribution in [0.3, 0.4) is 0 Å². The first kappa shape index (κ1) is 30.3. The Morgan fingerprint density at radius 1 is 1.05 bits per heavy atom. The number of phenolic OH excluding ortho intramolecular Hbond substituents is 1. The number of benzene rings is 2. The van der Waals surface area contributed by atoms with Crippen molar-refractivity contribution in [2.75, 3.05) is 25.9 Å². The summed E-state index contributed by atoms with van der Waals surface area (Å²) in [6, 6.07) is 14.5. The predicted molar refractivity (Wildman–Crippen MR) is 158 cm³/mol. The number of carbonyl (C=O) groups is 2. The van der Waals surface area contributed by atoms with Crippen molar-refractivity contribution in [3.8, 4) is 5.75 Å². The lowest BCUT2D eigenvalue weighted by Crippen LogP contribution is -2.34. The molecule has 1 N–H and O–H groups in total. The highest BCUT2D eigenvalue weighted by atomic mass is 31.2. The highest BCUT2D eigenvalue weighted by Crippen LogP contribution is 2.48. The number of carbonyl (C=O) groups excluding carboxylic acids is 2. The highest BCUT2D eigenvalue weighted by molar-refractivity contribution is 7.53. The van der Waals surface area contributed by atoms with Gasteiger partial charge >= 0.3 is 7.60 Å². The van der Waals surface area contributed by atoms with Crippen molar-refractivity contribution in [3.63, 3.8) is 0 Å². The van der Waals surface area contributed by atoms with Crippen LogP contribution in [-0.2, 0) is 33.2 Å². The Hall–Kier alpha value is -4.18. The van der Waals surface area contributed by atoms with Crippen molar-refractivity contribution < 1.29 is 32.7 Å². The number of nitrogens with zero attached hydrogens (tertiary/aromatic N) is 4. The SMILES string of the molecule is CCOP(=O)(CCN(Cc1ccccn1)C(=O)c1c2c(c(O)c3ncccc13)C(=O)N(Cc1ccc(F)cc1)C2)OCC. The predicted octanol–water partition coefficient (Wildman–Crippen LogP) is 5.54. The molecule has 2 aromatic heterocycles. The molecule has 224 valence electrons. The van der Waals surface area contributed by atoms with Gasteiger partial charge in [0.05, 0.1) is 42.7 Å².